The molecule has 0 unspecified atom stereocenters. The summed E-state index contributed by atoms with van der Waals surface area (Å²) in [5.41, 5.74) is -0.126. The van der Waals surface area contributed by atoms with Gasteiger partial charge in [-0.05, 0) is 32.1 Å². The van der Waals surface area contributed by atoms with Gasteiger partial charge in [0.2, 0.25) is 5.91 Å². The van der Waals surface area contributed by atoms with E-state index >= 15 is 0 Å². The zero-order valence-electron chi connectivity index (χ0n) is 17.9. The molecule has 1 aromatic carbocycles. The SMILES string of the molecule is CN(C)CCNC(=O)[C@@H]1C[C@@H](Sc2nccn2C)CN1Cc1cccc(C(F)(F)F)c1. The molecule has 0 spiro atoms. The molecule has 1 saturated heterocycles. The third-order valence-electron chi connectivity index (χ3n) is 5.21. The monoisotopic (exact) mass is 455 g/mol. The van der Waals surface area contributed by atoms with Crippen LogP contribution in [-0.4, -0.2) is 70.3 Å². The van der Waals surface area contributed by atoms with Crippen molar-refractivity contribution in [3.8, 4) is 0 Å². The molecule has 6 nitrogen and oxygen atoms in total. The Balaban J connectivity index is 1.73. The van der Waals surface area contributed by atoms with Crippen LogP contribution >= 0.6 is 11.8 Å². The van der Waals surface area contributed by atoms with Crippen LogP contribution in [0.5, 0.6) is 0 Å². The van der Waals surface area contributed by atoms with Crippen LogP contribution in [0, 0.1) is 0 Å². The lowest BCUT2D eigenvalue weighted by atomic mass is 10.1. The minimum atomic E-state index is -4.39. The van der Waals surface area contributed by atoms with E-state index in [9.17, 15) is 18.0 Å². The molecule has 1 aromatic heterocycles. The molecule has 31 heavy (non-hydrogen) atoms. The van der Waals surface area contributed by atoms with Gasteiger partial charge in [0.15, 0.2) is 5.16 Å². The van der Waals surface area contributed by atoms with Crippen LogP contribution in [0.2, 0.25) is 0 Å². The Kier molecular flexibility index (Phi) is 7.66. The van der Waals surface area contributed by atoms with Crippen molar-refractivity contribution >= 4 is 17.7 Å². The Hall–Kier alpha value is -2.04. The molecule has 1 aliphatic heterocycles. The van der Waals surface area contributed by atoms with E-state index in [0.29, 0.717) is 25.1 Å². The molecule has 1 aliphatic rings. The Morgan fingerprint density at radius 1 is 1.35 bits per heavy atom. The van der Waals surface area contributed by atoms with E-state index in [1.54, 1.807) is 24.0 Å². The Bertz CT molecular complexity index is 886. The Morgan fingerprint density at radius 3 is 2.77 bits per heavy atom. The molecule has 3 rings (SSSR count). The fourth-order valence-electron chi connectivity index (χ4n) is 3.61. The maximum atomic E-state index is 13.1. The summed E-state index contributed by atoms with van der Waals surface area (Å²) in [5.74, 6) is -0.0863. The van der Waals surface area contributed by atoms with Gasteiger partial charge in [0.05, 0.1) is 11.6 Å². The number of thioether (sulfide) groups is 1. The van der Waals surface area contributed by atoms with Crippen molar-refractivity contribution < 1.29 is 18.0 Å². The number of carbonyl (C=O) groups excluding carboxylic acids is 1. The van der Waals surface area contributed by atoms with Crippen LogP contribution in [0.3, 0.4) is 0 Å². The van der Waals surface area contributed by atoms with Crippen molar-refractivity contribution in [1.29, 1.82) is 0 Å². The van der Waals surface area contributed by atoms with Crippen molar-refractivity contribution in [3.63, 3.8) is 0 Å². The van der Waals surface area contributed by atoms with Crippen molar-refractivity contribution in [2.75, 3.05) is 33.7 Å². The number of alkyl halides is 3. The molecular formula is C21H28F3N5OS. The standard InChI is InChI=1S/C21H28F3N5OS/c1-27(2)9-7-25-19(30)18-12-17(31-20-26-8-10-28(20)3)14-29(18)13-15-5-4-6-16(11-15)21(22,23)24/h4-6,8,10-11,17-18H,7,9,12-14H2,1-3H3,(H,25,30)/t17-,18+/m1/s1. The summed E-state index contributed by atoms with van der Waals surface area (Å²) in [6, 6.07) is 4.93. The highest BCUT2D eigenvalue weighted by molar-refractivity contribution is 7.99. The number of imidazole rings is 1. The predicted molar refractivity (Wildman–Crippen MR) is 115 cm³/mol. The Labute approximate surface area is 184 Å². The minimum Gasteiger partial charge on any atom is -0.353 e. The second-order valence-corrected chi connectivity index (χ2v) is 9.30. The first kappa shape index (κ1) is 23.6. The maximum absolute atomic E-state index is 13.1. The largest absolute Gasteiger partial charge is 0.416 e. The molecule has 10 heteroatoms. The van der Waals surface area contributed by atoms with Gasteiger partial charge >= 0.3 is 6.18 Å². The number of likely N-dealkylation sites (N-methyl/N-ethyl adjacent to an activating group) is 1. The highest BCUT2D eigenvalue weighted by Crippen LogP contribution is 2.34. The number of nitrogens with zero attached hydrogens (tertiary/aromatic N) is 4. The number of rotatable bonds is 8. The topological polar surface area (TPSA) is 53.4 Å². The lowest BCUT2D eigenvalue weighted by Crippen LogP contribution is -2.44. The van der Waals surface area contributed by atoms with Gasteiger partial charge in [0.25, 0.3) is 0 Å². The molecule has 0 radical (unpaired) electrons. The van der Waals surface area contributed by atoms with Gasteiger partial charge in [-0.3, -0.25) is 9.69 Å². The van der Waals surface area contributed by atoms with Crippen LogP contribution in [0.1, 0.15) is 17.5 Å². The zero-order chi connectivity index (χ0) is 22.6. The van der Waals surface area contributed by atoms with E-state index in [1.807, 2.05) is 41.7 Å². The van der Waals surface area contributed by atoms with E-state index in [4.69, 9.17) is 0 Å². The van der Waals surface area contributed by atoms with E-state index in [1.165, 1.54) is 12.1 Å². The van der Waals surface area contributed by atoms with E-state index in [2.05, 4.69) is 10.3 Å². The first-order valence-electron chi connectivity index (χ1n) is 10.1. The molecule has 0 bridgehead atoms. The second-order valence-electron chi connectivity index (χ2n) is 8.03. The Morgan fingerprint density at radius 2 is 2.13 bits per heavy atom. The van der Waals surface area contributed by atoms with Crippen LogP contribution < -0.4 is 5.32 Å². The van der Waals surface area contributed by atoms with Crippen LogP contribution in [0.15, 0.2) is 41.8 Å². The first-order valence-corrected chi connectivity index (χ1v) is 11.0. The van der Waals surface area contributed by atoms with Crippen molar-refractivity contribution in [2.24, 2.45) is 7.05 Å². The number of hydrogen-bond acceptors (Lipinski definition) is 5. The quantitative estimate of drug-likeness (QED) is 0.664. The molecular weight excluding hydrogens is 427 g/mol. The molecule has 0 aliphatic carbocycles. The number of hydrogen-bond donors (Lipinski definition) is 1. The molecule has 170 valence electrons. The number of likely N-dealkylation sites (tertiary alicyclic amines) is 1. The number of carbonyl (C=O) groups is 1. The third-order valence-corrected chi connectivity index (χ3v) is 6.49. The summed E-state index contributed by atoms with van der Waals surface area (Å²) in [7, 11) is 5.78. The fraction of sp³-hybridized carbons (Fsp3) is 0.524. The molecule has 2 aromatic rings. The number of nitrogens with one attached hydrogen (secondary N) is 1. The lowest BCUT2D eigenvalue weighted by molar-refractivity contribution is -0.137. The number of aryl methyl sites for hydroxylation is 1. The van der Waals surface area contributed by atoms with Gasteiger partial charge in [-0.15, -0.1) is 0 Å². The summed E-state index contributed by atoms with van der Waals surface area (Å²) >= 11 is 1.60. The maximum Gasteiger partial charge on any atom is 0.416 e. The average Bonchev–Trinajstić information content (AvgIpc) is 3.27. The highest BCUT2D eigenvalue weighted by atomic mass is 32.2. The van der Waals surface area contributed by atoms with E-state index < -0.39 is 17.8 Å². The summed E-state index contributed by atoms with van der Waals surface area (Å²) in [6.45, 7) is 2.13. The van der Waals surface area contributed by atoms with Gasteiger partial charge in [-0.2, -0.15) is 13.2 Å². The van der Waals surface area contributed by atoms with Gasteiger partial charge in [0, 0.05) is 50.9 Å². The smallest absolute Gasteiger partial charge is 0.353 e. The summed E-state index contributed by atoms with van der Waals surface area (Å²) in [5, 5.41) is 3.95. The molecule has 1 amide bonds. The van der Waals surface area contributed by atoms with E-state index in [0.717, 1.165) is 17.8 Å². The van der Waals surface area contributed by atoms with Crippen molar-refractivity contribution in [3.05, 3.63) is 47.8 Å². The molecule has 2 atom stereocenters. The highest BCUT2D eigenvalue weighted by Gasteiger charge is 2.38. The number of aromatic nitrogens is 2. The third kappa shape index (κ3) is 6.47. The van der Waals surface area contributed by atoms with E-state index in [-0.39, 0.29) is 17.7 Å². The van der Waals surface area contributed by atoms with Gasteiger partial charge in [-0.1, -0.05) is 30.0 Å². The first-order chi connectivity index (χ1) is 14.6. The minimum absolute atomic E-state index is 0.0863. The summed E-state index contributed by atoms with van der Waals surface area (Å²) in [6.07, 6.45) is -0.183. The van der Waals surface area contributed by atoms with Gasteiger partial charge in [0.1, 0.15) is 0 Å². The molecule has 0 saturated carbocycles. The molecule has 2 heterocycles. The number of benzene rings is 1. The lowest BCUT2D eigenvalue weighted by Gasteiger charge is -2.24. The number of halogens is 3. The molecule has 1 N–H and O–H groups in total. The van der Waals surface area contributed by atoms with Gasteiger partial charge < -0.3 is 14.8 Å². The predicted octanol–water partition coefficient (Wildman–Crippen LogP) is 2.85. The van der Waals surface area contributed by atoms with Crippen LogP contribution in [-0.2, 0) is 24.6 Å². The zero-order valence-corrected chi connectivity index (χ0v) is 18.7. The normalized spacial score (nSPS) is 19.8. The van der Waals surface area contributed by atoms with Gasteiger partial charge in [-0.25, -0.2) is 4.98 Å². The second kappa shape index (κ2) is 10.1. The van der Waals surface area contributed by atoms with Crippen LogP contribution in [0.4, 0.5) is 13.2 Å². The molecule has 1 fully saturated rings. The van der Waals surface area contributed by atoms with Crippen molar-refractivity contribution in [2.45, 2.75) is 35.6 Å². The van der Waals surface area contributed by atoms with Crippen molar-refractivity contribution in [1.82, 2.24) is 24.7 Å². The number of amides is 1. The average molecular weight is 456 g/mol. The summed E-state index contributed by atoms with van der Waals surface area (Å²) < 4.78 is 41.2. The van der Waals surface area contributed by atoms with Crippen LogP contribution in [0.25, 0.3) is 0 Å². The fourth-order valence-corrected chi connectivity index (χ4v) is 4.80. The summed E-state index contributed by atoms with van der Waals surface area (Å²) in [4.78, 5) is 21.2.